The molecule has 0 radical (unpaired) electrons. The fourth-order valence-corrected chi connectivity index (χ4v) is 2.09. The monoisotopic (exact) mass is 294 g/mol. The third-order valence-electron chi connectivity index (χ3n) is 3.21. The van der Waals surface area contributed by atoms with E-state index in [4.69, 9.17) is 11.5 Å². The molecule has 6 nitrogen and oxygen atoms in total. The lowest BCUT2D eigenvalue weighted by atomic mass is 9.96. The van der Waals surface area contributed by atoms with Gasteiger partial charge in [0.1, 0.15) is 18.0 Å². The first-order valence-electron chi connectivity index (χ1n) is 6.96. The molecule has 0 unspecified atom stereocenters. The van der Waals surface area contributed by atoms with Crippen LogP contribution < -0.4 is 11.5 Å². The summed E-state index contributed by atoms with van der Waals surface area (Å²) in [6, 6.07) is 3.04. The summed E-state index contributed by atoms with van der Waals surface area (Å²) >= 11 is 0. The van der Waals surface area contributed by atoms with Gasteiger partial charge in [-0.15, -0.1) is 0 Å². The van der Waals surface area contributed by atoms with Crippen LogP contribution in [0.3, 0.4) is 0 Å². The van der Waals surface area contributed by atoms with Gasteiger partial charge in [-0.3, -0.25) is 10.5 Å². The summed E-state index contributed by atoms with van der Waals surface area (Å²) in [4.78, 5) is 23.9. The Hall–Kier alpha value is -1.92. The fourth-order valence-electron chi connectivity index (χ4n) is 2.09. The van der Waals surface area contributed by atoms with E-state index in [1.54, 1.807) is 13.0 Å². The number of nitrogens with two attached hydrogens (primary N) is 2. The third kappa shape index (κ3) is 4.54. The molecule has 0 aliphatic heterocycles. The van der Waals surface area contributed by atoms with Gasteiger partial charge in [-0.2, -0.15) is 0 Å². The normalized spacial score (nSPS) is 10.4. The highest BCUT2D eigenvalue weighted by Gasteiger charge is 2.21. The van der Waals surface area contributed by atoms with Gasteiger partial charge in [-0.25, -0.2) is 4.79 Å². The zero-order chi connectivity index (χ0) is 15.8. The van der Waals surface area contributed by atoms with Crippen molar-refractivity contribution in [3.05, 3.63) is 28.8 Å². The molecule has 0 aromatic heterocycles. The molecule has 0 saturated carbocycles. The lowest BCUT2D eigenvalue weighted by Crippen LogP contribution is -2.14. The average molecular weight is 294 g/mol. The number of rotatable bonds is 8. The van der Waals surface area contributed by atoms with Gasteiger partial charge in [0.2, 0.25) is 0 Å². The summed E-state index contributed by atoms with van der Waals surface area (Å²) in [6.45, 7) is 2.03. The van der Waals surface area contributed by atoms with Crippen LogP contribution >= 0.6 is 0 Å². The highest BCUT2D eigenvalue weighted by molar-refractivity contribution is 6.04. The van der Waals surface area contributed by atoms with E-state index < -0.39 is 5.97 Å². The number of Topliss-reactive ketones (excluding diaryl/α,β-unsaturated/α-hetero) is 1. The van der Waals surface area contributed by atoms with E-state index in [0.29, 0.717) is 24.9 Å². The zero-order valence-corrected chi connectivity index (χ0v) is 12.2. The number of phenols is 1. The first-order chi connectivity index (χ1) is 10.0. The van der Waals surface area contributed by atoms with E-state index in [2.05, 4.69) is 4.74 Å². The number of aryl methyl sites for hydroxylation is 1. The van der Waals surface area contributed by atoms with Crippen molar-refractivity contribution in [2.45, 2.75) is 32.6 Å². The summed E-state index contributed by atoms with van der Waals surface area (Å²) < 4.78 is 4.65. The van der Waals surface area contributed by atoms with Crippen molar-refractivity contribution in [2.75, 3.05) is 13.3 Å². The van der Waals surface area contributed by atoms with E-state index in [-0.39, 0.29) is 29.4 Å². The molecule has 1 aromatic rings. The van der Waals surface area contributed by atoms with Gasteiger partial charge in [0, 0.05) is 6.42 Å². The number of hydrogen-bond donors (Lipinski definition) is 3. The summed E-state index contributed by atoms with van der Waals surface area (Å²) in [5, 5.41) is 10.2. The largest absolute Gasteiger partial charge is 0.506 e. The SMILES string of the molecule is Cc1ccc(C(=O)OCN)c(O)c1C(=O)CCCCCN. The summed E-state index contributed by atoms with van der Waals surface area (Å²) in [5.41, 5.74) is 11.3. The Morgan fingerprint density at radius 2 is 1.90 bits per heavy atom. The van der Waals surface area contributed by atoms with Gasteiger partial charge >= 0.3 is 5.97 Å². The molecule has 1 rings (SSSR count). The number of ether oxygens (including phenoxy) is 1. The molecule has 0 bridgehead atoms. The molecule has 0 fully saturated rings. The quantitative estimate of drug-likeness (QED) is 0.289. The third-order valence-corrected chi connectivity index (χ3v) is 3.21. The van der Waals surface area contributed by atoms with E-state index >= 15 is 0 Å². The van der Waals surface area contributed by atoms with Gasteiger partial charge in [-0.1, -0.05) is 12.5 Å². The van der Waals surface area contributed by atoms with E-state index in [0.717, 1.165) is 12.8 Å². The zero-order valence-electron chi connectivity index (χ0n) is 12.2. The number of esters is 1. The Morgan fingerprint density at radius 1 is 1.19 bits per heavy atom. The van der Waals surface area contributed by atoms with Crippen molar-refractivity contribution in [3.63, 3.8) is 0 Å². The van der Waals surface area contributed by atoms with Gasteiger partial charge in [0.25, 0.3) is 0 Å². The maximum atomic E-state index is 12.2. The molecule has 0 amide bonds. The predicted molar refractivity (Wildman–Crippen MR) is 79.2 cm³/mol. The minimum Gasteiger partial charge on any atom is -0.506 e. The lowest BCUT2D eigenvalue weighted by Gasteiger charge is -2.11. The molecule has 21 heavy (non-hydrogen) atoms. The number of carbonyl (C=O) groups is 2. The van der Waals surface area contributed by atoms with E-state index in [9.17, 15) is 14.7 Å². The second-order valence-corrected chi connectivity index (χ2v) is 4.77. The number of carbonyl (C=O) groups excluding carboxylic acids is 2. The van der Waals surface area contributed by atoms with E-state index in [1.165, 1.54) is 6.07 Å². The Bertz CT molecular complexity index is 515. The molecule has 0 heterocycles. The first-order valence-corrected chi connectivity index (χ1v) is 6.96. The number of phenolic OH excluding ortho intramolecular Hbond substituents is 1. The lowest BCUT2D eigenvalue weighted by molar-refractivity contribution is 0.0512. The molecule has 1 aromatic carbocycles. The maximum Gasteiger partial charge on any atom is 0.343 e. The average Bonchev–Trinajstić information content (AvgIpc) is 2.44. The van der Waals surface area contributed by atoms with Crippen LogP contribution in [0.15, 0.2) is 12.1 Å². The van der Waals surface area contributed by atoms with Crippen LogP contribution in [-0.2, 0) is 4.74 Å². The smallest absolute Gasteiger partial charge is 0.343 e. The summed E-state index contributed by atoms with van der Waals surface area (Å²) in [7, 11) is 0. The Kier molecular flexibility index (Phi) is 6.84. The van der Waals surface area contributed by atoms with Crippen LogP contribution in [0, 0.1) is 6.92 Å². The van der Waals surface area contributed by atoms with Crippen molar-refractivity contribution in [1.82, 2.24) is 0 Å². The molecule has 116 valence electrons. The van der Waals surface area contributed by atoms with Crippen LogP contribution in [0.1, 0.15) is 52.0 Å². The topological polar surface area (TPSA) is 116 Å². The summed E-state index contributed by atoms with van der Waals surface area (Å²) in [6.07, 6.45) is 2.73. The molecule has 0 atom stereocenters. The molecule has 0 aliphatic rings. The van der Waals surface area contributed by atoms with E-state index in [1.807, 2.05) is 0 Å². The van der Waals surface area contributed by atoms with Crippen LogP contribution in [0.5, 0.6) is 5.75 Å². The second-order valence-electron chi connectivity index (χ2n) is 4.77. The molecule has 0 spiro atoms. The van der Waals surface area contributed by atoms with Crippen LogP contribution in [-0.4, -0.2) is 30.1 Å². The number of aromatic hydroxyl groups is 1. The predicted octanol–water partition coefficient (Wildman–Crippen LogP) is 1.48. The molecule has 0 saturated heterocycles. The molecule has 0 aliphatic carbocycles. The number of ketones is 1. The van der Waals surface area contributed by atoms with Crippen molar-refractivity contribution >= 4 is 11.8 Å². The number of hydrogen-bond acceptors (Lipinski definition) is 6. The number of unbranched alkanes of at least 4 members (excludes halogenated alkanes) is 2. The molecular formula is C15H22N2O4. The van der Waals surface area contributed by atoms with Crippen LogP contribution in [0.2, 0.25) is 0 Å². The summed E-state index contributed by atoms with van der Waals surface area (Å²) in [5.74, 6) is -1.27. The van der Waals surface area contributed by atoms with Crippen molar-refractivity contribution < 1.29 is 19.4 Å². The van der Waals surface area contributed by atoms with Gasteiger partial charge in [0.05, 0.1) is 5.56 Å². The Morgan fingerprint density at radius 3 is 2.52 bits per heavy atom. The first kappa shape index (κ1) is 17.1. The fraction of sp³-hybridized carbons (Fsp3) is 0.467. The van der Waals surface area contributed by atoms with Gasteiger partial charge in [0.15, 0.2) is 5.78 Å². The van der Waals surface area contributed by atoms with Gasteiger partial charge < -0.3 is 15.6 Å². The highest BCUT2D eigenvalue weighted by atomic mass is 16.5. The van der Waals surface area contributed by atoms with Crippen molar-refractivity contribution in [2.24, 2.45) is 11.5 Å². The Balaban J connectivity index is 2.92. The standard InChI is InChI=1S/C15H22N2O4/c1-10-6-7-11(15(20)21-9-17)14(19)13(10)12(18)5-3-2-4-8-16/h6-7,19H,2-5,8-9,16-17H2,1H3. The molecule has 6 heteroatoms. The number of benzene rings is 1. The molecular weight excluding hydrogens is 272 g/mol. The van der Waals surface area contributed by atoms with Crippen molar-refractivity contribution in [1.29, 1.82) is 0 Å². The maximum absolute atomic E-state index is 12.2. The van der Waals surface area contributed by atoms with Crippen molar-refractivity contribution in [3.8, 4) is 5.75 Å². The minimum atomic E-state index is -0.743. The minimum absolute atomic E-state index is 0.0450. The Labute approximate surface area is 124 Å². The highest BCUT2D eigenvalue weighted by Crippen LogP contribution is 2.28. The van der Waals surface area contributed by atoms with Crippen LogP contribution in [0.4, 0.5) is 0 Å². The van der Waals surface area contributed by atoms with Gasteiger partial charge in [-0.05, 0) is 37.9 Å². The molecule has 5 N–H and O–H groups in total. The van der Waals surface area contributed by atoms with Crippen LogP contribution in [0.25, 0.3) is 0 Å². The second kappa shape index (κ2) is 8.39.